The Morgan fingerprint density at radius 1 is 0.833 bits per heavy atom. The Morgan fingerprint density at radius 3 is 2.10 bits per heavy atom. The number of ether oxygens (including phenoxy) is 3. The molecule has 160 valence electrons. The van der Waals surface area contributed by atoms with Crippen molar-refractivity contribution in [1.82, 2.24) is 4.57 Å². The van der Waals surface area contributed by atoms with Crippen LogP contribution < -0.4 is 19.0 Å². The third-order valence-corrected chi connectivity index (χ3v) is 5.84. The van der Waals surface area contributed by atoms with Gasteiger partial charge in [0.25, 0.3) is 0 Å². The van der Waals surface area contributed by atoms with Crippen LogP contribution in [-0.4, -0.2) is 25.9 Å². The number of thiazole rings is 1. The summed E-state index contributed by atoms with van der Waals surface area (Å²) in [5.74, 6) is 2.32. The summed E-state index contributed by atoms with van der Waals surface area (Å²) in [4.78, 5) is 5.90. The molecule has 6 heteroatoms. The summed E-state index contributed by atoms with van der Waals surface area (Å²) in [5, 5.41) is 2.18. The van der Waals surface area contributed by atoms with E-state index < -0.39 is 0 Å². The number of aromatic nitrogens is 1. The highest BCUT2D eigenvalue weighted by Gasteiger charge is 2.09. The summed E-state index contributed by atoms with van der Waals surface area (Å²) in [7, 11) is 4.99. The molecule has 0 aliphatic heterocycles. The van der Waals surface area contributed by atoms with Gasteiger partial charge in [-0.3, -0.25) is 0 Å². The first-order valence-corrected chi connectivity index (χ1v) is 11.2. The SMILES string of the molecule is CCCCCCn1c(-c2ccc(OC)cc2)csc1=Nc1cc(OC)cc(OC)c1. The van der Waals surface area contributed by atoms with Crippen LogP contribution in [0, 0.1) is 0 Å². The van der Waals surface area contributed by atoms with Crippen molar-refractivity contribution in [3.05, 3.63) is 52.6 Å². The van der Waals surface area contributed by atoms with Crippen LogP contribution >= 0.6 is 11.3 Å². The topological polar surface area (TPSA) is 45.0 Å². The molecule has 0 N–H and O–H groups in total. The summed E-state index contributed by atoms with van der Waals surface area (Å²) < 4.78 is 18.4. The summed E-state index contributed by atoms with van der Waals surface area (Å²) in [6.07, 6.45) is 4.82. The number of hydrogen-bond acceptors (Lipinski definition) is 5. The molecular formula is C24H30N2O3S. The highest BCUT2D eigenvalue weighted by atomic mass is 32.1. The van der Waals surface area contributed by atoms with Gasteiger partial charge in [-0.05, 0) is 36.2 Å². The molecule has 0 fully saturated rings. The zero-order valence-electron chi connectivity index (χ0n) is 18.2. The third kappa shape index (κ3) is 5.45. The van der Waals surface area contributed by atoms with Gasteiger partial charge in [0.2, 0.25) is 0 Å². The van der Waals surface area contributed by atoms with Gasteiger partial charge in [-0.25, -0.2) is 4.99 Å². The maximum atomic E-state index is 5.40. The van der Waals surface area contributed by atoms with Crippen molar-refractivity contribution in [2.24, 2.45) is 4.99 Å². The maximum Gasteiger partial charge on any atom is 0.190 e. The molecule has 0 unspecified atom stereocenters. The number of methoxy groups -OCH3 is 3. The van der Waals surface area contributed by atoms with Gasteiger partial charge in [0.15, 0.2) is 4.80 Å². The minimum Gasteiger partial charge on any atom is -0.497 e. The molecule has 0 radical (unpaired) electrons. The van der Waals surface area contributed by atoms with E-state index >= 15 is 0 Å². The monoisotopic (exact) mass is 426 g/mol. The average molecular weight is 427 g/mol. The van der Waals surface area contributed by atoms with Crippen LogP contribution in [0.5, 0.6) is 17.2 Å². The largest absolute Gasteiger partial charge is 0.497 e. The highest BCUT2D eigenvalue weighted by Crippen LogP contribution is 2.28. The second kappa shape index (κ2) is 10.9. The fourth-order valence-corrected chi connectivity index (χ4v) is 4.25. The Balaban J connectivity index is 2.02. The minimum atomic E-state index is 0.731. The number of unbranched alkanes of at least 4 members (excludes halogenated alkanes) is 3. The molecule has 1 heterocycles. The predicted molar refractivity (Wildman–Crippen MR) is 123 cm³/mol. The Morgan fingerprint density at radius 2 is 1.50 bits per heavy atom. The van der Waals surface area contributed by atoms with Crippen LogP contribution in [0.2, 0.25) is 0 Å². The molecular weight excluding hydrogens is 396 g/mol. The van der Waals surface area contributed by atoms with E-state index in [-0.39, 0.29) is 0 Å². The summed E-state index contributed by atoms with van der Waals surface area (Å²) in [5.41, 5.74) is 3.15. The lowest BCUT2D eigenvalue weighted by Crippen LogP contribution is -2.16. The highest BCUT2D eigenvalue weighted by molar-refractivity contribution is 7.07. The molecule has 2 aromatic carbocycles. The van der Waals surface area contributed by atoms with Crippen LogP contribution in [0.1, 0.15) is 32.6 Å². The zero-order valence-corrected chi connectivity index (χ0v) is 19.0. The van der Waals surface area contributed by atoms with E-state index in [4.69, 9.17) is 19.2 Å². The lowest BCUT2D eigenvalue weighted by molar-refractivity contribution is 0.394. The van der Waals surface area contributed by atoms with Crippen molar-refractivity contribution in [3.63, 3.8) is 0 Å². The molecule has 0 bridgehead atoms. The lowest BCUT2D eigenvalue weighted by atomic mass is 10.1. The van der Waals surface area contributed by atoms with Crippen molar-refractivity contribution in [1.29, 1.82) is 0 Å². The van der Waals surface area contributed by atoms with E-state index in [1.807, 2.05) is 30.3 Å². The van der Waals surface area contributed by atoms with Gasteiger partial charge in [-0.15, -0.1) is 11.3 Å². The summed E-state index contributed by atoms with van der Waals surface area (Å²) in [6.45, 7) is 3.17. The summed E-state index contributed by atoms with van der Waals surface area (Å²) in [6, 6.07) is 13.9. The van der Waals surface area contributed by atoms with Crippen LogP contribution in [0.4, 0.5) is 5.69 Å². The molecule has 30 heavy (non-hydrogen) atoms. The third-order valence-electron chi connectivity index (χ3n) is 4.98. The molecule has 0 saturated heterocycles. The molecule has 3 aromatic rings. The van der Waals surface area contributed by atoms with E-state index in [2.05, 4.69) is 29.0 Å². The first kappa shape index (κ1) is 22.0. The van der Waals surface area contributed by atoms with Gasteiger partial charge in [-0.1, -0.05) is 26.2 Å². The lowest BCUT2D eigenvalue weighted by Gasteiger charge is -2.10. The predicted octanol–water partition coefficient (Wildman–Crippen LogP) is 6.06. The van der Waals surface area contributed by atoms with Crippen LogP contribution in [-0.2, 0) is 6.54 Å². The van der Waals surface area contributed by atoms with Gasteiger partial charge >= 0.3 is 0 Å². The molecule has 3 rings (SSSR count). The number of benzene rings is 2. The average Bonchev–Trinajstić information content (AvgIpc) is 3.18. The fraction of sp³-hybridized carbons (Fsp3) is 0.375. The quantitative estimate of drug-likeness (QED) is 0.370. The minimum absolute atomic E-state index is 0.731. The number of hydrogen-bond donors (Lipinski definition) is 0. The van der Waals surface area contributed by atoms with Crippen LogP contribution in [0.3, 0.4) is 0 Å². The van der Waals surface area contributed by atoms with Crippen molar-refractivity contribution in [2.45, 2.75) is 39.2 Å². The van der Waals surface area contributed by atoms with E-state index in [1.54, 1.807) is 32.7 Å². The Hall–Kier alpha value is -2.73. The van der Waals surface area contributed by atoms with Crippen LogP contribution in [0.15, 0.2) is 52.8 Å². The van der Waals surface area contributed by atoms with E-state index in [0.29, 0.717) is 0 Å². The van der Waals surface area contributed by atoms with Crippen molar-refractivity contribution < 1.29 is 14.2 Å². The molecule has 5 nitrogen and oxygen atoms in total. The number of nitrogens with zero attached hydrogens (tertiary/aromatic N) is 2. The molecule has 0 spiro atoms. The van der Waals surface area contributed by atoms with Gasteiger partial charge in [0.05, 0.1) is 32.7 Å². The Labute approximate surface area is 182 Å². The number of rotatable bonds is 10. The van der Waals surface area contributed by atoms with E-state index in [0.717, 1.165) is 46.3 Å². The Bertz CT molecular complexity index is 984. The van der Waals surface area contributed by atoms with Gasteiger partial charge in [-0.2, -0.15) is 0 Å². The van der Waals surface area contributed by atoms with E-state index in [9.17, 15) is 0 Å². The zero-order chi connectivity index (χ0) is 21.3. The van der Waals surface area contributed by atoms with Crippen molar-refractivity contribution in [3.8, 4) is 28.5 Å². The standard InChI is InChI=1S/C24H30N2O3S/c1-5-6-7-8-13-26-23(18-9-11-20(27-2)12-10-18)17-30-24(26)25-19-14-21(28-3)16-22(15-19)29-4/h9-12,14-17H,5-8,13H2,1-4H3. The van der Waals surface area contributed by atoms with Gasteiger partial charge < -0.3 is 18.8 Å². The van der Waals surface area contributed by atoms with Crippen LogP contribution in [0.25, 0.3) is 11.3 Å². The maximum absolute atomic E-state index is 5.40. The van der Waals surface area contributed by atoms with E-state index in [1.165, 1.54) is 25.0 Å². The molecule has 0 saturated carbocycles. The van der Waals surface area contributed by atoms with Gasteiger partial charge in [0, 0.05) is 30.1 Å². The second-order valence-corrected chi connectivity index (χ2v) is 7.86. The molecule has 0 aliphatic rings. The summed E-state index contributed by atoms with van der Waals surface area (Å²) >= 11 is 1.65. The fourth-order valence-electron chi connectivity index (χ4n) is 3.29. The first-order chi connectivity index (χ1) is 14.7. The second-order valence-electron chi connectivity index (χ2n) is 7.03. The van der Waals surface area contributed by atoms with Gasteiger partial charge in [0.1, 0.15) is 17.2 Å². The smallest absolute Gasteiger partial charge is 0.190 e. The molecule has 1 aromatic heterocycles. The molecule has 0 atom stereocenters. The van der Waals surface area contributed by atoms with Crippen molar-refractivity contribution in [2.75, 3.05) is 21.3 Å². The molecule has 0 aliphatic carbocycles. The normalized spacial score (nSPS) is 11.5. The molecule has 0 amide bonds. The Kier molecular flexibility index (Phi) is 7.97. The van der Waals surface area contributed by atoms with Crippen molar-refractivity contribution >= 4 is 17.0 Å². The first-order valence-electron chi connectivity index (χ1n) is 10.3.